The molecule has 1 unspecified atom stereocenters. The summed E-state index contributed by atoms with van der Waals surface area (Å²) in [5, 5.41) is 9.61. The average molecular weight is 295 g/mol. The Morgan fingerprint density at radius 3 is 2.56 bits per heavy atom. The Balaban J connectivity index is 2.36. The zero-order valence-corrected chi connectivity index (χ0v) is 9.90. The van der Waals surface area contributed by atoms with E-state index >= 15 is 0 Å². The Labute approximate surface area is 99.4 Å². The maximum Gasteiger partial charge on any atom is 0.417 e. The second-order valence-electron chi connectivity index (χ2n) is 4.12. The normalized spacial score (nSPS) is 25.3. The minimum Gasteiger partial charge on any atom is -0.380 e. The number of aryl methyl sites for hydroxylation is 1. The zero-order chi connectivity index (χ0) is 12.0. The van der Waals surface area contributed by atoms with Gasteiger partial charge in [0.1, 0.15) is 0 Å². The van der Waals surface area contributed by atoms with E-state index in [4.69, 9.17) is 0 Å². The number of rotatable bonds is 0. The lowest BCUT2D eigenvalue weighted by molar-refractivity contribution is -0.263. The maximum absolute atomic E-state index is 12.7. The topological polar surface area (TPSA) is 20.2 Å². The van der Waals surface area contributed by atoms with Crippen molar-refractivity contribution < 1.29 is 18.3 Å². The molecule has 88 valence electrons. The first-order chi connectivity index (χ1) is 7.32. The van der Waals surface area contributed by atoms with Crippen LogP contribution in [0.25, 0.3) is 0 Å². The molecule has 5 heteroatoms. The van der Waals surface area contributed by atoms with E-state index in [2.05, 4.69) is 15.9 Å². The highest BCUT2D eigenvalue weighted by molar-refractivity contribution is 9.10. The first-order valence-corrected chi connectivity index (χ1v) is 5.67. The van der Waals surface area contributed by atoms with E-state index in [9.17, 15) is 18.3 Å². The standard InChI is InChI=1S/C11H10BrF3O/c12-9-2-1-7-3-4-10(16,11(13,14)15)6-8(7)5-9/h1-2,5,16H,3-4,6H2. The van der Waals surface area contributed by atoms with Crippen molar-refractivity contribution in [2.24, 2.45) is 0 Å². The lowest BCUT2D eigenvalue weighted by Crippen LogP contribution is -2.49. The second-order valence-corrected chi connectivity index (χ2v) is 5.03. The molecule has 0 saturated heterocycles. The molecule has 1 atom stereocenters. The third-order valence-electron chi connectivity index (χ3n) is 2.99. The van der Waals surface area contributed by atoms with Crippen molar-refractivity contribution in [3.63, 3.8) is 0 Å². The van der Waals surface area contributed by atoms with Crippen LogP contribution >= 0.6 is 15.9 Å². The fourth-order valence-corrected chi connectivity index (χ4v) is 2.40. The Morgan fingerprint density at radius 1 is 1.25 bits per heavy atom. The Bertz CT molecular complexity index is 416. The van der Waals surface area contributed by atoms with Crippen LogP contribution in [0.15, 0.2) is 22.7 Å². The van der Waals surface area contributed by atoms with Crippen molar-refractivity contribution in [3.05, 3.63) is 33.8 Å². The van der Waals surface area contributed by atoms with Crippen molar-refractivity contribution in [2.75, 3.05) is 0 Å². The summed E-state index contributed by atoms with van der Waals surface area (Å²) in [4.78, 5) is 0. The molecule has 0 aromatic heterocycles. The van der Waals surface area contributed by atoms with Gasteiger partial charge in [-0.3, -0.25) is 0 Å². The minimum absolute atomic E-state index is 0.259. The molecular formula is C11H10BrF3O. The SMILES string of the molecule is OC1(C(F)(F)F)CCc2ccc(Br)cc2C1. The van der Waals surface area contributed by atoms with Gasteiger partial charge in [0.15, 0.2) is 5.60 Å². The summed E-state index contributed by atoms with van der Waals surface area (Å²) in [6, 6.07) is 5.25. The zero-order valence-electron chi connectivity index (χ0n) is 8.31. The first kappa shape index (κ1) is 11.9. The third kappa shape index (κ3) is 1.98. The van der Waals surface area contributed by atoms with Gasteiger partial charge in [0.25, 0.3) is 0 Å². The number of benzene rings is 1. The minimum atomic E-state index is -4.56. The molecule has 1 aromatic rings. The smallest absolute Gasteiger partial charge is 0.380 e. The van der Waals surface area contributed by atoms with Gasteiger partial charge in [-0.25, -0.2) is 0 Å². The van der Waals surface area contributed by atoms with Gasteiger partial charge in [-0.05, 0) is 36.1 Å². The van der Waals surface area contributed by atoms with Crippen LogP contribution in [0.2, 0.25) is 0 Å². The van der Waals surface area contributed by atoms with Crippen molar-refractivity contribution in [2.45, 2.75) is 31.0 Å². The monoisotopic (exact) mass is 294 g/mol. The van der Waals surface area contributed by atoms with Gasteiger partial charge in [-0.1, -0.05) is 22.0 Å². The van der Waals surface area contributed by atoms with Crippen LogP contribution in [0.3, 0.4) is 0 Å². The molecular weight excluding hydrogens is 285 g/mol. The number of aliphatic hydroxyl groups is 1. The fourth-order valence-electron chi connectivity index (χ4n) is 1.99. The van der Waals surface area contributed by atoms with Gasteiger partial charge in [0, 0.05) is 10.9 Å². The van der Waals surface area contributed by atoms with E-state index in [0.29, 0.717) is 5.56 Å². The summed E-state index contributed by atoms with van der Waals surface area (Å²) in [6.07, 6.45) is -4.91. The molecule has 1 nitrogen and oxygen atoms in total. The number of hydrogen-bond donors (Lipinski definition) is 1. The lowest BCUT2D eigenvalue weighted by atomic mass is 9.80. The van der Waals surface area contributed by atoms with Gasteiger partial charge in [0.2, 0.25) is 0 Å². The summed E-state index contributed by atoms with van der Waals surface area (Å²) in [7, 11) is 0. The van der Waals surface area contributed by atoms with Crippen LogP contribution < -0.4 is 0 Å². The van der Waals surface area contributed by atoms with Crippen molar-refractivity contribution in [3.8, 4) is 0 Å². The quantitative estimate of drug-likeness (QED) is 0.779. The summed E-state index contributed by atoms with van der Waals surface area (Å²) in [5.41, 5.74) is -1.11. The summed E-state index contributed by atoms with van der Waals surface area (Å²) >= 11 is 3.22. The molecule has 0 saturated carbocycles. The highest BCUT2D eigenvalue weighted by Crippen LogP contribution is 2.41. The molecule has 0 amide bonds. The van der Waals surface area contributed by atoms with Crippen molar-refractivity contribution in [1.29, 1.82) is 0 Å². The van der Waals surface area contributed by atoms with Crippen LogP contribution in [0, 0.1) is 0 Å². The molecule has 16 heavy (non-hydrogen) atoms. The van der Waals surface area contributed by atoms with Gasteiger partial charge in [-0.15, -0.1) is 0 Å². The molecule has 0 radical (unpaired) electrons. The van der Waals surface area contributed by atoms with E-state index in [1.54, 1.807) is 18.2 Å². The highest BCUT2D eigenvalue weighted by atomic mass is 79.9. The highest BCUT2D eigenvalue weighted by Gasteiger charge is 2.54. The van der Waals surface area contributed by atoms with Gasteiger partial charge < -0.3 is 5.11 Å². The van der Waals surface area contributed by atoms with Crippen LogP contribution in [-0.2, 0) is 12.8 Å². The van der Waals surface area contributed by atoms with Crippen LogP contribution in [0.5, 0.6) is 0 Å². The second kappa shape index (κ2) is 3.74. The molecule has 0 fully saturated rings. The molecule has 0 spiro atoms. The average Bonchev–Trinajstić information content (AvgIpc) is 2.15. The fraction of sp³-hybridized carbons (Fsp3) is 0.455. The van der Waals surface area contributed by atoms with Crippen LogP contribution in [-0.4, -0.2) is 16.9 Å². The van der Waals surface area contributed by atoms with E-state index in [0.717, 1.165) is 10.0 Å². The largest absolute Gasteiger partial charge is 0.417 e. The predicted octanol–water partition coefficient (Wildman–Crippen LogP) is 3.23. The molecule has 1 aromatic carbocycles. The van der Waals surface area contributed by atoms with Crippen LogP contribution in [0.1, 0.15) is 17.5 Å². The molecule has 0 aliphatic heterocycles. The van der Waals surface area contributed by atoms with E-state index in [1.807, 2.05) is 0 Å². The molecule has 0 heterocycles. The van der Waals surface area contributed by atoms with Crippen molar-refractivity contribution in [1.82, 2.24) is 0 Å². The van der Waals surface area contributed by atoms with E-state index in [1.165, 1.54) is 0 Å². The summed E-state index contributed by atoms with van der Waals surface area (Å²) in [6.45, 7) is 0. The lowest BCUT2D eigenvalue weighted by Gasteiger charge is -2.35. The Morgan fingerprint density at radius 2 is 1.94 bits per heavy atom. The predicted molar refractivity (Wildman–Crippen MR) is 57.2 cm³/mol. The summed E-state index contributed by atoms with van der Waals surface area (Å²) in [5.74, 6) is 0. The number of halogens is 4. The number of alkyl halides is 3. The number of fused-ring (bicyclic) bond motifs is 1. The van der Waals surface area contributed by atoms with Gasteiger partial charge in [-0.2, -0.15) is 13.2 Å². The van der Waals surface area contributed by atoms with Gasteiger partial charge in [0.05, 0.1) is 0 Å². The van der Waals surface area contributed by atoms with Gasteiger partial charge >= 0.3 is 6.18 Å². The summed E-state index contributed by atoms with van der Waals surface area (Å²) < 4.78 is 38.7. The Kier molecular flexibility index (Phi) is 2.78. The van der Waals surface area contributed by atoms with E-state index < -0.39 is 11.8 Å². The third-order valence-corrected chi connectivity index (χ3v) is 3.48. The van der Waals surface area contributed by atoms with Crippen molar-refractivity contribution >= 4 is 15.9 Å². The molecule has 1 aliphatic rings. The van der Waals surface area contributed by atoms with Crippen LogP contribution in [0.4, 0.5) is 13.2 Å². The number of hydrogen-bond acceptors (Lipinski definition) is 1. The molecule has 0 bridgehead atoms. The molecule has 1 aliphatic carbocycles. The molecule has 2 rings (SSSR count). The first-order valence-electron chi connectivity index (χ1n) is 4.88. The Hall–Kier alpha value is -0.550. The maximum atomic E-state index is 12.7. The molecule has 1 N–H and O–H groups in total. The van der Waals surface area contributed by atoms with E-state index in [-0.39, 0.29) is 19.3 Å².